The quantitative estimate of drug-likeness (QED) is 0.293. The molecule has 2 aliphatic rings. The minimum Gasteiger partial charge on any atom is -0.497 e. The van der Waals surface area contributed by atoms with Crippen molar-refractivity contribution < 1.29 is 27.8 Å². The van der Waals surface area contributed by atoms with Gasteiger partial charge in [-0.15, -0.1) is 0 Å². The highest BCUT2D eigenvalue weighted by atomic mass is 32.2. The van der Waals surface area contributed by atoms with E-state index < -0.39 is 27.6 Å². The number of nitrogens with one attached hydrogen (secondary N) is 1. The van der Waals surface area contributed by atoms with Gasteiger partial charge in [-0.25, -0.2) is 8.42 Å². The average molecular weight is 587 g/mol. The van der Waals surface area contributed by atoms with Crippen molar-refractivity contribution in [2.24, 2.45) is 5.41 Å². The lowest BCUT2D eigenvalue weighted by molar-refractivity contribution is -0.133. The Morgan fingerprint density at radius 1 is 1.05 bits per heavy atom. The molecule has 41 heavy (non-hydrogen) atoms. The molecule has 8 nitrogen and oxygen atoms in total. The second-order valence-electron chi connectivity index (χ2n) is 11.5. The second kappa shape index (κ2) is 14.6. The number of carbonyl (C=O) groups excluding carboxylic acids is 1. The Bertz CT molecular complexity index is 1190. The van der Waals surface area contributed by atoms with Crippen molar-refractivity contribution in [1.82, 2.24) is 9.62 Å². The number of amides is 1. The Balaban J connectivity index is 1.59. The summed E-state index contributed by atoms with van der Waals surface area (Å²) in [7, 11) is -2.35. The first kappa shape index (κ1) is 31.5. The van der Waals surface area contributed by atoms with Crippen molar-refractivity contribution in [2.45, 2.75) is 94.2 Å². The van der Waals surface area contributed by atoms with Gasteiger partial charge in [0.25, 0.3) is 0 Å². The van der Waals surface area contributed by atoms with E-state index in [2.05, 4.69) is 5.32 Å². The molecule has 2 N–H and O–H groups in total. The third-order valence-corrected chi connectivity index (χ3v) is 10.7. The van der Waals surface area contributed by atoms with Gasteiger partial charge in [-0.2, -0.15) is 4.31 Å². The van der Waals surface area contributed by atoms with E-state index >= 15 is 0 Å². The molecule has 226 valence electrons. The monoisotopic (exact) mass is 586 g/mol. The van der Waals surface area contributed by atoms with Gasteiger partial charge in [-0.05, 0) is 75.3 Å². The number of benzene rings is 2. The molecule has 0 heterocycles. The summed E-state index contributed by atoms with van der Waals surface area (Å²) in [5, 5.41) is 14.9. The van der Waals surface area contributed by atoms with Crippen molar-refractivity contribution in [2.75, 3.05) is 26.9 Å². The Morgan fingerprint density at radius 2 is 1.71 bits per heavy atom. The molecule has 0 bridgehead atoms. The molecule has 2 atom stereocenters. The highest BCUT2D eigenvalue weighted by Gasteiger charge is 2.43. The molecule has 1 amide bonds. The number of aliphatic hydroxyl groups is 1. The van der Waals surface area contributed by atoms with Crippen LogP contribution in [0.15, 0.2) is 59.5 Å². The molecule has 2 aliphatic carbocycles. The number of rotatable bonds is 15. The van der Waals surface area contributed by atoms with Crippen molar-refractivity contribution in [1.29, 1.82) is 0 Å². The minimum atomic E-state index is -3.89. The number of sulfonamides is 1. The van der Waals surface area contributed by atoms with Gasteiger partial charge < -0.3 is 19.9 Å². The van der Waals surface area contributed by atoms with Crippen LogP contribution in [0.4, 0.5) is 0 Å². The largest absolute Gasteiger partial charge is 0.497 e. The lowest BCUT2D eigenvalue weighted by atomic mass is 9.81. The molecule has 0 saturated heterocycles. The molecule has 2 saturated carbocycles. The van der Waals surface area contributed by atoms with E-state index in [0.717, 1.165) is 56.9 Å². The van der Waals surface area contributed by atoms with E-state index in [9.17, 15) is 18.3 Å². The van der Waals surface area contributed by atoms with E-state index in [4.69, 9.17) is 9.47 Å². The number of aliphatic hydroxyl groups excluding tert-OH is 1. The standard InChI is InChI=1S/C32H46N2O6S/c1-3-40-22-21-32(19-9-10-20-32)31(36)33-29(23-25-11-5-4-6-12-25)30(35)24-34(26-13-7-8-14-26)41(37,38)28-17-15-27(39-2)16-18-28/h4-6,11-12,15-18,26,29-30,35H,3,7-10,13-14,19-24H2,1-2H3,(H,33,36). The fourth-order valence-corrected chi connectivity index (χ4v) is 8.06. The third kappa shape index (κ3) is 7.89. The van der Waals surface area contributed by atoms with E-state index in [1.807, 2.05) is 37.3 Å². The van der Waals surface area contributed by atoms with Crippen LogP contribution in [-0.2, 0) is 26.0 Å². The Labute approximate surface area is 245 Å². The summed E-state index contributed by atoms with van der Waals surface area (Å²) in [5.41, 5.74) is 0.446. The van der Waals surface area contributed by atoms with Gasteiger partial charge in [-0.1, -0.05) is 56.0 Å². The van der Waals surface area contributed by atoms with Crippen molar-refractivity contribution in [3.63, 3.8) is 0 Å². The van der Waals surface area contributed by atoms with Crippen LogP contribution < -0.4 is 10.1 Å². The lowest BCUT2D eigenvalue weighted by Gasteiger charge is -2.35. The molecule has 2 unspecified atom stereocenters. The van der Waals surface area contributed by atoms with Crippen LogP contribution in [0.5, 0.6) is 5.75 Å². The maximum atomic E-state index is 13.9. The van der Waals surface area contributed by atoms with E-state index in [0.29, 0.717) is 31.8 Å². The van der Waals surface area contributed by atoms with Gasteiger partial charge in [0.1, 0.15) is 5.75 Å². The maximum Gasteiger partial charge on any atom is 0.243 e. The molecule has 0 spiro atoms. The summed E-state index contributed by atoms with van der Waals surface area (Å²) in [5.74, 6) is 0.507. The molecule has 9 heteroatoms. The van der Waals surface area contributed by atoms with Crippen LogP contribution in [0.1, 0.15) is 70.3 Å². The van der Waals surface area contributed by atoms with Gasteiger partial charge in [0, 0.05) is 25.8 Å². The summed E-state index contributed by atoms with van der Waals surface area (Å²) >= 11 is 0. The summed E-state index contributed by atoms with van der Waals surface area (Å²) in [6.07, 6.45) is 6.89. The van der Waals surface area contributed by atoms with Crippen LogP contribution in [0.25, 0.3) is 0 Å². The molecule has 2 aromatic carbocycles. The van der Waals surface area contributed by atoms with Crippen LogP contribution in [-0.4, -0.2) is 68.8 Å². The Kier molecular flexibility index (Phi) is 11.2. The second-order valence-corrected chi connectivity index (χ2v) is 13.4. The smallest absolute Gasteiger partial charge is 0.243 e. The van der Waals surface area contributed by atoms with Crippen molar-refractivity contribution in [3.05, 3.63) is 60.2 Å². The molecule has 2 fully saturated rings. The number of hydrogen-bond donors (Lipinski definition) is 2. The lowest BCUT2D eigenvalue weighted by Crippen LogP contribution is -2.54. The van der Waals surface area contributed by atoms with Gasteiger partial charge in [0.05, 0.1) is 29.6 Å². The van der Waals surface area contributed by atoms with Crippen molar-refractivity contribution >= 4 is 15.9 Å². The molecule has 0 aromatic heterocycles. The summed E-state index contributed by atoms with van der Waals surface area (Å²) in [4.78, 5) is 14.0. The highest BCUT2D eigenvalue weighted by molar-refractivity contribution is 7.89. The summed E-state index contributed by atoms with van der Waals surface area (Å²) in [6, 6.07) is 15.3. The number of hydrogen-bond acceptors (Lipinski definition) is 6. The van der Waals surface area contributed by atoms with Crippen LogP contribution in [0.2, 0.25) is 0 Å². The normalized spacial score (nSPS) is 18.8. The first-order valence-electron chi connectivity index (χ1n) is 15.1. The predicted molar refractivity (Wildman–Crippen MR) is 159 cm³/mol. The van der Waals surface area contributed by atoms with Crippen LogP contribution in [0.3, 0.4) is 0 Å². The summed E-state index contributed by atoms with van der Waals surface area (Å²) < 4.78 is 40.2. The van der Waals surface area contributed by atoms with Crippen LogP contribution >= 0.6 is 0 Å². The topological polar surface area (TPSA) is 105 Å². The number of ether oxygens (including phenoxy) is 2. The average Bonchev–Trinajstić information content (AvgIpc) is 3.70. The first-order chi connectivity index (χ1) is 19.8. The van der Waals surface area contributed by atoms with E-state index in [1.165, 1.54) is 4.31 Å². The maximum absolute atomic E-state index is 13.9. The fraction of sp³-hybridized carbons (Fsp3) is 0.594. The number of nitrogens with zero attached hydrogens (tertiary/aromatic N) is 1. The first-order valence-corrected chi connectivity index (χ1v) is 16.5. The molecular formula is C32H46N2O6S. The van der Waals surface area contributed by atoms with Crippen LogP contribution in [0, 0.1) is 5.41 Å². The Morgan fingerprint density at radius 3 is 2.32 bits per heavy atom. The van der Waals surface area contributed by atoms with E-state index in [-0.39, 0.29) is 23.4 Å². The molecule has 4 rings (SSSR count). The van der Waals surface area contributed by atoms with Gasteiger partial charge in [0.15, 0.2) is 0 Å². The number of carbonyl (C=O) groups is 1. The molecule has 0 radical (unpaired) electrons. The van der Waals surface area contributed by atoms with Gasteiger partial charge in [-0.3, -0.25) is 4.79 Å². The molecule has 2 aromatic rings. The third-order valence-electron chi connectivity index (χ3n) is 8.82. The Hall–Kier alpha value is -2.46. The number of methoxy groups -OCH3 is 1. The van der Waals surface area contributed by atoms with Gasteiger partial charge in [0.2, 0.25) is 15.9 Å². The molecular weight excluding hydrogens is 540 g/mol. The zero-order valence-corrected chi connectivity index (χ0v) is 25.3. The van der Waals surface area contributed by atoms with E-state index in [1.54, 1.807) is 31.4 Å². The zero-order chi connectivity index (χ0) is 29.3. The predicted octanol–water partition coefficient (Wildman–Crippen LogP) is 4.70. The van der Waals surface area contributed by atoms with Gasteiger partial charge >= 0.3 is 0 Å². The minimum absolute atomic E-state index is 0.0693. The summed E-state index contributed by atoms with van der Waals surface area (Å²) in [6.45, 7) is 2.98. The highest BCUT2D eigenvalue weighted by Crippen LogP contribution is 2.41. The molecule has 0 aliphatic heterocycles. The zero-order valence-electron chi connectivity index (χ0n) is 24.5. The van der Waals surface area contributed by atoms with Crippen molar-refractivity contribution in [3.8, 4) is 5.75 Å². The SMILES string of the molecule is CCOCCC1(C(=O)NC(Cc2ccccc2)C(O)CN(C2CCCC2)S(=O)(=O)c2ccc(OC)cc2)CCCC1. The fourth-order valence-electron chi connectivity index (χ4n) is 6.36.